The van der Waals surface area contributed by atoms with E-state index in [4.69, 9.17) is 4.74 Å². The Bertz CT molecular complexity index is 880. The number of carbonyl (C=O) groups is 2. The second kappa shape index (κ2) is 6.16. The van der Waals surface area contributed by atoms with Crippen molar-refractivity contribution < 1.29 is 19.2 Å². The summed E-state index contributed by atoms with van der Waals surface area (Å²) in [6.45, 7) is 3.74. The lowest BCUT2D eigenvalue weighted by molar-refractivity contribution is -0.384. The van der Waals surface area contributed by atoms with E-state index in [1.807, 2.05) is 6.92 Å². The zero-order valence-electron chi connectivity index (χ0n) is 14.2. The van der Waals surface area contributed by atoms with E-state index in [1.54, 1.807) is 18.5 Å². The van der Waals surface area contributed by atoms with Crippen molar-refractivity contribution in [1.82, 2.24) is 4.57 Å². The van der Waals surface area contributed by atoms with E-state index < -0.39 is 4.92 Å². The van der Waals surface area contributed by atoms with E-state index in [1.165, 1.54) is 24.3 Å². The van der Waals surface area contributed by atoms with E-state index in [-0.39, 0.29) is 23.4 Å². The molecule has 1 unspecified atom stereocenters. The van der Waals surface area contributed by atoms with Gasteiger partial charge in [-0.25, -0.2) is 0 Å². The third-order valence-corrected chi connectivity index (χ3v) is 4.58. The minimum Gasteiger partial charge on any atom is -0.424 e. The summed E-state index contributed by atoms with van der Waals surface area (Å²) >= 11 is 0. The van der Waals surface area contributed by atoms with Crippen molar-refractivity contribution in [3.63, 3.8) is 0 Å². The van der Waals surface area contributed by atoms with Crippen molar-refractivity contribution >= 4 is 17.4 Å². The molecule has 7 nitrogen and oxygen atoms in total. The number of fused-ring (bicyclic) bond motifs is 1. The topological polar surface area (TPSA) is 91.4 Å². The summed E-state index contributed by atoms with van der Waals surface area (Å²) in [5.41, 5.74) is 2.07. The molecule has 3 rings (SSSR count). The molecule has 0 amide bonds. The number of ether oxygens (including phenoxy) is 1. The molecule has 1 aliphatic rings. The molecule has 1 aromatic carbocycles. The number of nitrogens with zero attached hydrogens (tertiary/aromatic N) is 2. The molecule has 1 atom stereocenters. The van der Waals surface area contributed by atoms with Gasteiger partial charge in [-0.2, -0.15) is 0 Å². The molecule has 0 bridgehead atoms. The Kier molecular flexibility index (Phi) is 4.16. The highest BCUT2D eigenvalue weighted by molar-refractivity contribution is 6.10. The van der Waals surface area contributed by atoms with Crippen LogP contribution in [0.4, 0.5) is 5.69 Å². The predicted molar refractivity (Wildman–Crippen MR) is 90.0 cm³/mol. The molecule has 0 aliphatic carbocycles. The maximum absolute atomic E-state index is 12.9. The fourth-order valence-electron chi connectivity index (χ4n) is 3.37. The maximum atomic E-state index is 12.9. The average Bonchev–Trinajstić information content (AvgIpc) is 3.03. The van der Waals surface area contributed by atoms with Gasteiger partial charge in [0.05, 0.1) is 16.3 Å². The number of aromatic nitrogens is 1. The molecular formula is C18H18N2O5. The van der Waals surface area contributed by atoms with Crippen molar-refractivity contribution in [2.75, 3.05) is 0 Å². The van der Waals surface area contributed by atoms with Gasteiger partial charge in [-0.3, -0.25) is 19.7 Å². The summed E-state index contributed by atoms with van der Waals surface area (Å²) in [4.78, 5) is 35.2. The monoisotopic (exact) mass is 342 g/mol. The lowest BCUT2D eigenvalue weighted by Gasteiger charge is -2.11. The lowest BCUT2D eigenvalue weighted by atomic mass is 10.0. The number of carbonyl (C=O) groups excluding carboxylic acids is 2. The van der Waals surface area contributed by atoms with Crippen LogP contribution in [0.2, 0.25) is 0 Å². The first-order valence-electron chi connectivity index (χ1n) is 8.06. The van der Waals surface area contributed by atoms with Gasteiger partial charge in [-0.05, 0) is 25.5 Å². The second-order valence-electron chi connectivity index (χ2n) is 6.14. The summed E-state index contributed by atoms with van der Waals surface area (Å²) in [5, 5.41) is 10.8. The highest BCUT2D eigenvalue weighted by atomic mass is 16.6. The number of hydrogen-bond donors (Lipinski definition) is 0. The van der Waals surface area contributed by atoms with Crippen LogP contribution in [0.3, 0.4) is 0 Å². The second-order valence-corrected chi connectivity index (χ2v) is 6.14. The fourth-order valence-corrected chi connectivity index (χ4v) is 3.37. The van der Waals surface area contributed by atoms with E-state index >= 15 is 0 Å². The Labute approximate surface area is 144 Å². The zero-order chi connectivity index (χ0) is 18.3. The van der Waals surface area contributed by atoms with Gasteiger partial charge in [0, 0.05) is 30.3 Å². The molecule has 2 heterocycles. The van der Waals surface area contributed by atoms with Gasteiger partial charge in [-0.1, -0.05) is 13.3 Å². The van der Waals surface area contributed by atoms with E-state index in [0.717, 1.165) is 12.1 Å². The number of hydrogen-bond acceptors (Lipinski definition) is 5. The largest absolute Gasteiger partial charge is 0.424 e. The van der Waals surface area contributed by atoms with Crippen LogP contribution in [0, 0.1) is 17.0 Å². The van der Waals surface area contributed by atoms with Gasteiger partial charge >= 0.3 is 5.97 Å². The van der Waals surface area contributed by atoms with Crippen LogP contribution < -0.4 is 4.74 Å². The SMILES string of the molecule is CCCC1C(=O)Oc2c(C)c(C(=O)c3ccc([N+](=O)[O-])cc3)n(C)c21. The maximum Gasteiger partial charge on any atom is 0.320 e. The Balaban J connectivity index is 2.03. The number of benzene rings is 1. The molecule has 0 N–H and O–H groups in total. The van der Waals surface area contributed by atoms with Crippen LogP contribution in [0.1, 0.15) is 53.0 Å². The van der Waals surface area contributed by atoms with Crippen molar-refractivity contribution in [3.8, 4) is 5.75 Å². The molecular weight excluding hydrogens is 324 g/mol. The summed E-state index contributed by atoms with van der Waals surface area (Å²) in [6, 6.07) is 5.49. The van der Waals surface area contributed by atoms with Crippen LogP contribution in [0.15, 0.2) is 24.3 Å². The average molecular weight is 342 g/mol. The van der Waals surface area contributed by atoms with Crippen LogP contribution in [0.5, 0.6) is 5.75 Å². The first-order chi connectivity index (χ1) is 11.9. The lowest BCUT2D eigenvalue weighted by Crippen LogP contribution is -2.17. The van der Waals surface area contributed by atoms with Gasteiger partial charge in [0.2, 0.25) is 5.78 Å². The van der Waals surface area contributed by atoms with Crippen LogP contribution in [0.25, 0.3) is 0 Å². The van der Waals surface area contributed by atoms with Gasteiger partial charge in [-0.15, -0.1) is 0 Å². The minimum absolute atomic E-state index is 0.0698. The highest BCUT2D eigenvalue weighted by Crippen LogP contribution is 2.43. The van der Waals surface area contributed by atoms with Crippen molar-refractivity contribution in [3.05, 3.63) is 56.9 Å². The van der Waals surface area contributed by atoms with Crippen LogP contribution in [-0.2, 0) is 11.8 Å². The third-order valence-electron chi connectivity index (χ3n) is 4.58. The molecule has 0 radical (unpaired) electrons. The summed E-state index contributed by atoms with van der Waals surface area (Å²) in [5.74, 6) is -0.422. The fraction of sp³-hybridized carbons (Fsp3) is 0.333. The predicted octanol–water partition coefficient (Wildman–Crippen LogP) is 3.28. The molecule has 25 heavy (non-hydrogen) atoms. The van der Waals surface area contributed by atoms with E-state index in [9.17, 15) is 19.7 Å². The van der Waals surface area contributed by atoms with E-state index in [0.29, 0.717) is 29.0 Å². The van der Waals surface area contributed by atoms with Gasteiger partial charge in [0.25, 0.3) is 5.69 Å². The standard InChI is InChI=1S/C18H18N2O5/c1-4-5-13-15-17(25-18(13)22)10(2)14(19(15)3)16(21)11-6-8-12(9-7-11)20(23)24/h6-9,13H,4-5H2,1-3H3. The summed E-state index contributed by atoms with van der Waals surface area (Å²) < 4.78 is 7.12. The Hall–Kier alpha value is -2.96. The molecule has 1 aromatic heterocycles. The number of non-ortho nitro benzene ring substituents is 1. The number of ketones is 1. The number of nitro benzene ring substituents is 1. The van der Waals surface area contributed by atoms with Crippen LogP contribution in [-0.4, -0.2) is 21.2 Å². The molecule has 0 spiro atoms. The van der Waals surface area contributed by atoms with Crippen molar-refractivity contribution in [2.45, 2.75) is 32.6 Å². The molecule has 0 fully saturated rings. The normalized spacial score (nSPS) is 15.8. The molecule has 130 valence electrons. The molecule has 7 heteroatoms. The minimum atomic E-state index is -0.509. The number of rotatable bonds is 5. The first-order valence-corrected chi connectivity index (χ1v) is 8.06. The van der Waals surface area contributed by atoms with Crippen molar-refractivity contribution in [2.24, 2.45) is 7.05 Å². The van der Waals surface area contributed by atoms with Gasteiger partial charge in [0.15, 0.2) is 5.75 Å². The number of nitro groups is 1. The zero-order valence-corrected chi connectivity index (χ0v) is 14.2. The van der Waals surface area contributed by atoms with Crippen LogP contribution >= 0.6 is 0 Å². The first kappa shape index (κ1) is 16.9. The summed E-state index contributed by atoms with van der Waals surface area (Å²) in [7, 11) is 1.75. The Morgan fingerprint density at radius 2 is 1.96 bits per heavy atom. The van der Waals surface area contributed by atoms with Gasteiger partial charge in [0.1, 0.15) is 5.92 Å². The Morgan fingerprint density at radius 3 is 2.52 bits per heavy atom. The smallest absolute Gasteiger partial charge is 0.320 e. The summed E-state index contributed by atoms with van der Waals surface area (Å²) in [6.07, 6.45) is 1.49. The number of esters is 1. The quantitative estimate of drug-likeness (QED) is 0.360. The molecule has 0 saturated carbocycles. The van der Waals surface area contributed by atoms with E-state index in [2.05, 4.69) is 0 Å². The molecule has 2 aromatic rings. The highest BCUT2D eigenvalue weighted by Gasteiger charge is 2.39. The van der Waals surface area contributed by atoms with Crippen molar-refractivity contribution in [1.29, 1.82) is 0 Å². The third kappa shape index (κ3) is 2.61. The molecule has 0 saturated heterocycles. The van der Waals surface area contributed by atoms with Gasteiger partial charge < -0.3 is 9.30 Å². The molecule has 1 aliphatic heterocycles. The Morgan fingerprint density at radius 1 is 1.32 bits per heavy atom.